The summed E-state index contributed by atoms with van der Waals surface area (Å²) >= 11 is 1.95. The largest absolute Gasteiger partial charge is 0.332 e. The van der Waals surface area contributed by atoms with Gasteiger partial charge in [0, 0.05) is 23.3 Å². The molecule has 4 atom stereocenters. The number of fused-ring (bicyclic) bond motifs is 1. The Morgan fingerprint density at radius 2 is 2.20 bits per heavy atom. The van der Waals surface area contributed by atoms with E-state index in [1.165, 1.54) is 0 Å². The van der Waals surface area contributed by atoms with Gasteiger partial charge in [-0.1, -0.05) is 26.7 Å². The van der Waals surface area contributed by atoms with E-state index in [1.807, 2.05) is 18.7 Å². The summed E-state index contributed by atoms with van der Waals surface area (Å²) in [7, 11) is 0. The molecule has 5 heteroatoms. The van der Waals surface area contributed by atoms with Crippen LogP contribution in [-0.4, -0.2) is 34.9 Å². The van der Waals surface area contributed by atoms with Crippen molar-refractivity contribution in [1.29, 1.82) is 0 Å². The lowest BCUT2D eigenvalue weighted by Crippen LogP contribution is -2.36. The molecule has 0 aromatic heterocycles. The second-order valence-corrected chi connectivity index (χ2v) is 7.30. The molecule has 2 aliphatic heterocycles. The summed E-state index contributed by atoms with van der Waals surface area (Å²) in [4.78, 5) is 23.2. The van der Waals surface area contributed by atoms with Crippen LogP contribution in [0.25, 0.3) is 0 Å². The molecule has 2 rings (SSSR count). The Morgan fingerprint density at radius 1 is 1.40 bits per heavy atom. The van der Waals surface area contributed by atoms with E-state index < -0.39 is 0 Å². The molecule has 0 spiro atoms. The molecule has 0 saturated carbocycles. The Balaban J connectivity index is 1.62. The van der Waals surface area contributed by atoms with Crippen LogP contribution < -0.4 is 10.6 Å². The van der Waals surface area contributed by atoms with Crippen LogP contribution >= 0.6 is 11.8 Å². The Hall–Kier alpha value is -0.710. The van der Waals surface area contributed by atoms with Crippen LogP contribution in [-0.2, 0) is 4.79 Å². The quantitative estimate of drug-likeness (QED) is 0.535. The lowest BCUT2D eigenvalue weighted by molar-refractivity contribution is -0.122. The van der Waals surface area contributed by atoms with Crippen LogP contribution in [0.3, 0.4) is 0 Å². The smallest absolute Gasteiger partial charge is 0.315 e. The number of carbonyl (C=O) groups is 2. The molecule has 2 saturated heterocycles. The first-order chi connectivity index (χ1) is 9.61. The summed E-state index contributed by atoms with van der Waals surface area (Å²) in [6.45, 7) is 4.17. The van der Waals surface area contributed by atoms with Gasteiger partial charge in [-0.3, -0.25) is 4.79 Å². The van der Waals surface area contributed by atoms with Crippen molar-refractivity contribution in [2.75, 3.05) is 5.75 Å². The first-order valence-corrected chi connectivity index (χ1v) is 8.88. The van der Waals surface area contributed by atoms with Crippen LogP contribution in [0.4, 0.5) is 4.79 Å². The summed E-state index contributed by atoms with van der Waals surface area (Å²) in [5, 5.41) is 6.49. The lowest BCUT2D eigenvalue weighted by atomic mass is 9.96. The molecule has 20 heavy (non-hydrogen) atoms. The second-order valence-electron chi connectivity index (χ2n) is 6.02. The van der Waals surface area contributed by atoms with Crippen molar-refractivity contribution >= 4 is 23.6 Å². The van der Waals surface area contributed by atoms with Crippen molar-refractivity contribution in [3.8, 4) is 0 Å². The summed E-state index contributed by atoms with van der Waals surface area (Å²) in [6, 6.07) is 0.583. The number of ketones is 1. The molecule has 114 valence electrons. The van der Waals surface area contributed by atoms with Gasteiger partial charge in [0.25, 0.3) is 0 Å². The number of Topliss-reactive ketones (excluding diaryl/α,β-unsaturated/α-hetero) is 1. The molecule has 2 N–H and O–H groups in total. The molecule has 0 radical (unpaired) electrons. The number of urea groups is 1. The van der Waals surface area contributed by atoms with E-state index in [-0.39, 0.29) is 11.9 Å². The van der Waals surface area contributed by atoms with Gasteiger partial charge in [-0.15, -0.1) is 0 Å². The first-order valence-electron chi connectivity index (χ1n) is 7.83. The Labute approximate surface area is 125 Å². The van der Waals surface area contributed by atoms with Crippen molar-refractivity contribution < 1.29 is 9.59 Å². The molecule has 0 bridgehead atoms. The number of hydrogen-bond acceptors (Lipinski definition) is 3. The number of thioether (sulfide) groups is 1. The van der Waals surface area contributed by atoms with Gasteiger partial charge in [-0.05, 0) is 19.3 Å². The van der Waals surface area contributed by atoms with Gasteiger partial charge in [-0.25, -0.2) is 4.79 Å². The minimum Gasteiger partial charge on any atom is -0.332 e. The Morgan fingerprint density at radius 3 is 2.95 bits per heavy atom. The van der Waals surface area contributed by atoms with Gasteiger partial charge in [0.15, 0.2) is 0 Å². The molecular weight excluding hydrogens is 272 g/mol. The molecule has 4 nitrogen and oxygen atoms in total. The highest BCUT2D eigenvalue weighted by atomic mass is 32.2. The summed E-state index contributed by atoms with van der Waals surface area (Å²) in [5.41, 5.74) is 0. The highest BCUT2D eigenvalue weighted by molar-refractivity contribution is 8.00. The van der Waals surface area contributed by atoms with Crippen LogP contribution in [0.1, 0.15) is 52.4 Å². The van der Waals surface area contributed by atoms with Gasteiger partial charge >= 0.3 is 6.03 Å². The molecular formula is C15H26N2O2S. The van der Waals surface area contributed by atoms with E-state index in [0.717, 1.165) is 44.3 Å². The molecule has 0 aromatic carbocycles. The molecule has 1 unspecified atom stereocenters. The summed E-state index contributed by atoms with van der Waals surface area (Å²) < 4.78 is 0. The van der Waals surface area contributed by atoms with Crippen LogP contribution in [0.15, 0.2) is 0 Å². The maximum Gasteiger partial charge on any atom is 0.315 e. The fourth-order valence-corrected chi connectivity index (χ4v) is 4.67. The molecule has 0 aliphatic carbocycles. The van der Waals surface area contributed by atoms with E-state index in [9.17, 15) is 9.59 Å². The van der Waals surface area contributed by atoms with Gasteiger partial charge < -0.3 is 10.6 Å². The van der Waals surface area contributed by atoms with Crippen molar-refractivity contribution in [3.63, 3.8) is 0 Å². The predicted molar refractivity (Wildman–Crippen MR) is 83.0 cm³/mol. The Bertz CT molecular complexity index is 362. The number of rotatable bonds is 8. The van der Waals surface area contributed by atoms with Crippen LogP contribution in [0, 0.1) is 5.92 Å². The van der Waals surface area contributed by atoms with Crippen molar-refractivity contribution in [1.82, 2.24) is 10.6 Å². The highest BCUT2D eigenvalue weighted by Crippen LogP contribution is 2.33. The molecule has 0 aromatic rings. The standard InChI is InChI=1S/C15H26N2O2S/c1-3-6-10(2)12(18)7-4-5-8-13-14-11(9-20-13)16-15(19)17-14/h10-11,13-14H,3-9H2,1-2H3,(H2,16,17,19)/t10?,11-,13-,14-/m0/s1. The van der Waals surface area contributed by atoms with Crippen molar-refractivity contribution in [2.45, 2.75) is 69.7 Å². The fraction of sp³-hybridized carbons (Fsp3) is 0.867. The molecule has 2 aliphatic rings. The van der Waals surface area contributed by atoms with Crippen molar-refractivity contribution in [3.05, 3.63) is 0 Å². The van der Waals surface area contributed by atoms with Crippen LogP contribution in [0.2, 0.25) is 0 Å². The highest BCUT2D eigenvalue weighted by Gasteiger charge is 2.42. The number of carbonyl (C=O) groups excluding carboxylic acids is 2. The Kier molecular flexibility index (Phi) is 5.75. The number of amides is 2. The maximum absolute atomic E-state index is 11.9. The number of unbranched alkanes of at least 4 members (excludes halogenated alkanes) is 1. The average Bonchev–Trinajstić information content (AvgIpc) is 2.94. The molecule has 2 fully saturated rings. The number of hydrogen-bond donors (Lipinski definition) is 2. The zero-order chi connectivity index (χ0) is 14.5. The monoisotopic (exact) mass is 298 g/mol. The third-order valence-corrected chi connectivity index (χ3v) is 5.88. The first kappa shape index (κ1) is 15.7. The van der Waals surface area contributed by atoms with Crippen molar-refractivity contribution in [2.24, 2.45) is 5.92 Å². The maximum atomic E-state index is 11.9. The zero-order valence-corrected chi connectivity index (χ0v) is 13.3. The topological polar surface area (TPSA) is 58.2 Å². The summed E-state index contributed by atoms with van der Waals surface area (Å²) in [5.74, 6) is 1.66. The summed E-state index contributed by atoms with van der Waals surface area (Å²) in [6.07, 6.45) is 5.99. The van der Waals surface area contributed by atoms with Gasteiger partial charge in [-0.2, -0.15) is 11.8 Å². The minimum absolute atomic E-state index is 0.0196. The van der Waals surface area contributed by atoms with E-state index >= 15 is 0 Å². The SMILES string of the molecule is CCCC(C)C(=O)CCCC[C@@H]1SC[C@@H]2NC(=O)N[C@@H]21. The van der Waals surface area contributed by atoms with Gasteiger partial charge in [0.05, 0.1) is 12.1 Å². The fourth-order valence-electron chi connectivity index (χ4n) is 3.13. The third kappa shape index (κ3) is 3.90. The van der Waals surface area contributed by atoms with E-state index in [2.05, 4.69) is 17.6 Å². The van der Waals surface area contributed by atoms with E-state index in [1.54, 1.807) is 0 Å². The van der Waals surface area contributed by atoms with Gasteiger partial charge in [0.1, 0.15) is 5.78 Å². The van der Waals surface area contributed by atoms with E-state index in [4.69, 9.17) is 0 Å². The predicted octanol–water partition coefficient (Wildman–Crippen LogP) is 2.72. The molecule has 2 heterocycles. The normalized spacial score (nSPS) is 29.7. The lowest BCUT2D eigenvalue weighted by Gasteiger charge is -2.16. The average molecular weight is 298 g/mol. The molecule has 2 amide bonds. The number of nitrogens with one attached hydrogen (secondary N) is 2. The zero-order valence-electron chi connectivity index (χ0n) is 12.5. The second kappa shape index (κ2) is 7.34. The van der Waals surface area contributed by atoms with Crippen LogP contribution in [0.5, 0.6) is 0 Å². The van der Waals surface area contributed by atoms with E-state index in [0.29, 0.717) is 23.1 Å². The minimum atomic E-state index is -0.0196. The van der Waals surface area contributed by atoms with Gasteiger partial charge in [0.2, 0.25) is 0 Å². The third-order valence-electron chi connectivity index (χ3n) is 4.37.